The zero-order valence-electron chi connectivity index (χ0n) is 12.9. The molecule has 114 valence electrons. The fourth-order valence-electron chi connectivity index (χ4n) is 2.76. The van der Waals surface area contributed by atoms with Crippen LogP contribution in [0.3, 0.4) is 0 Å². The highest BCUT2D eigenvalue weighted by molar-refractivity contribution is 5.53. The Bertz CT molecular complexity index is 688. The van der Waals surface area contributed by atoms with E-state index >= 15 is 0 Å². The Morgan fingerprint density at radius 3 is 3.05 bits per heavy atom. The first kappa shape index (κ1) is 14.5. The monoisotopic (exact) mass is 297 g/mol. The van der Waals surface area contributed by atoms with E-state index in [0.29, 0.717) is 11.5 Å². The lowest BCUT2D eigenvalue weighted by Crippen LogP contribution is -2.35. The van der Waals surface area contributed by atoms with E-state index in [1.807, 2.05) is 13.8 Å². The molecule has 0 amide bonds. The van der Waals surface area contributed by atoms with E-state index in [1.54, 1.807) is 18.3 Å². The second-order valence-corrected chi connectivity index (χ2v) is 5.92. The first-order chi connectivity index (χ1) is 10.7. The van der Waals surface area contributed by atoms with E-state index < -0.39 is 0 Å². The fourth-order valence-corrected chi connectivity index (χ4v) is 2.76. The van der Waals surface area contributed by atoms with Crippen molar-refractivity contribution in [3.63, 3.8) is 0 Å². The normalized spacial score (nSPS) is 18.5. The molecule has 0 bridgehead atoms. The van der Waals surface area contributed by atoms with E-state index in [9.17, 15) is 5.26 Å². The topological polar surface area (TPSA) is 78.8 Å². The van der Waals surface area contributed by atoms with E-state index in [-0.39, 0.29) is 11.8 Å². The number of nitrogens with zero attached hydrogens (tertiary/aromatic N) is 5. The zero-order chi connectivity index (χ0) is 15.5. The number of nitriles is 1. The molecule has 1 saturated heterocycles. The molecule has 0 spiro atoms. The van der Waals surface area contributed by atoms with Crippen LogP contribution in [-0.2, 0) is 0 Å². The Hall–Kier alpha value is -2.42. The van der Waals surface area contributed by atoms with Crippen LogP contribution in [0.1, 0.15) is 55.8 Å². The van der Waals surface area contributed by atoms with Gasteiger partial charge in [-0.15, -0.1) is 0 Å². The third-order valence-corrected chi connectivity index (χ3v) is 3.94. The number of anilines is 1. The zero-order valence-corrected chi connectivity index (χ0v) is 12.9. The van der Waals surface area contributed by atoms with Crippen molar-refractivity contribution < 1.29 is 4.52 Å². The minimum Gasteiger partial charge on any atom is -0.355 e. The molecule has 0 saturated carbocycles. The van der Waals surface area contributed by atoms with Gasteiger partial charge in [0.2, 0.25) is 5.89 Å². The average Bonchev–Trinajstić information content (AvgIpc) is 3.05. The molecule has 2 aromatic rings. The maximum Gasteiger partial charge on any atom is 0.229 e. The molecule has 0 aliphatic carbocycles. The highest BCUT2D eigenvalue weighted by Crippen LogP contribution is 2.29. The van der Waals surface area contributed by atoms with Gasteiger partial charge in [-0.1, -0.05) is 19.0 Å². The van der Waals surface area contributed by atoms with Gasteiger partial charge in [0.25, 0.3) is 0 Å². The highest BCUT2D eigenvalue weighted by Gasteiger charge is 2.27. The number of hydrogen-bond donors (Lipinski definition) is 0. The number of hydrogen-bond acceptors (Lipinski definition) is 6. The molecule has 0 aromatic carbocycles. The molecule has 1 aliphatic rings. The molecule has 0 unspecified atom stereocenters. The number of piperidine rings is 1. The molecule has 3 heterocycles. The third kappa shape index (κ3) is 2.80. The molecule has 6 nitrogen and oxygen atoms in total. The molecular weight excluding hydrogens is 278 g/mol. The van der Waals surface area contributed by atoms with Gasteiger partial charge in [-0.2, -0.15) is 10.2 Å². The van der Waals surface area contributed by atoms with Gasteiger partial charge in [0.15, 0.2) is 5.82 Å². The maximum atomic E-state index is 9.24. The number of rotatable bonds is 3. The van der Waals surface area contributed by atoms with E-state index in [0.717, 1.165) is 37.6 Å². The molecular formula is C16H19N5O. The van der Waals surface area contributed by atoms with Crippen molar-refractivity contribution in [2.24, 2.45) is 0 Å². The summed E-state index contributed by atoms with van der Waals surface area (Å²) in [7, 11) is 0. The van der Waals surface area contributed by atoms with Crippen molar-refractivity contribution in [1.82, 2.24) is 15.1 Å². The summed E-state index contributed by atoms with van der Waals surface area (Å²) >= 11 is 0. The van der Waals surface area contributed by atoms with Gasteiger partial charge in [0.05, 0.1) is 5.56 Å². The summed E-state index contributed by atoms with van der Waals surface area (Å²) in [6.45, 7) is 5.74. The van der Waals surface area contributed by atoms with Crippen molar-refractivity contribution in [1.29, 1.82) is 5.26 Å². The standard InChI is InChI=1S/C16H19N5O/c1-11(2)16-19-14(20-22-16)13-6-4-8-21(10-13)15-12(9-17)5-3-7-18-15/h3,5,7,11,13H,4,6,8,10H2,1-2H3/t13-/m1/s1. The van der Waals surface area contributed by atoms with Gasteiger partial charge in [-0.05, 0) is 25.0 Å². The summed E-state index contributed by atoms with van der Waals surface area (Å²) < 4.78 is 5.32. The van der Waals surface area contributed by atoms with Crippen LogP contribution in [0.25, 0.3) is 0 Å². The average molecular weight is 297 g/mol. The Morgan fingerprint density at radius 2 is 2.32 bits per heavy atom. The third-order valence-electron chi connectivity index (χ3n) is 3.94. The summed E-state index contributed by atoms with van der Waals surface area (Å²) in [5.41, 5.74) is 0.610. The van der Waals surface area contributed by atoms with Gasteiger partial charge < -0.3 is 9.42 Å². The molecule has 22 heavy (non-hydrogen) atoms. The van der Waals surface area contributed by atoms with Crippen LogP contribution in [0.5, 0.6) is 0 Å². The molecule has 6 heteroatoms. The fraction of sp³-hybridized carbons (Fsp3) is 0.500. The maximum absolute atomic E-state index is 9.24. The van der Waals surface area contributed by atoms with Crippen LogP contribution in [-0.4, -0.2) is 28.2 Å². The Labute approximate surface area is 129 Å². The SMILES string of the molecule is CC(C)c1nc([C@@H]2CCCN(c3ncccc3C#N)C2)no1. The van der Waals surface area contributed by atoms with Crippen molar-refractivity contribution in [2.75, 3.05) is 18.0 Å². The Morgan fingerprint density at radius 1 is 1.45 bits per heavy atom. The summed E-state index contributed by atoms with van der Waals surface area (Å²) in [6, 6.07) is 5.80. The number of aromatic nitrogens is 3. The van der Waals surface area contributed by atoms with Gasteiger partial charge in [0.1, 0.15) is 11.9 Å². The van der Waals surface area contributed by atoms with Crippen LogP contribution in [0.2, 0.25) is 0 Å². The summed E-state index contributed by atoms with van der Waals surface area (Å²) in [5, 5.41) is 13.4. The van der Waals surface area contributed by atoms with Gasteiger partial charge >= 0.3 is 0 Å². The first-order valence-corrected chi connectivity index (χ1v) is 7.62. The second-order valence-electron chi connectivity index (χ2n) is 5.92. The first-order valence-electron chi connectivity index (χ1n) is 7.62. The number of pyridine rings is 1. The van der Waals surface area contributed by atoms with Crippen LogP contribution in [0.15, 0.2) is 22.9 Å². The van der Waals surface area contributed by atoms with Crippen molar-refractivity contribution in [3.8, 4) is 6.07 Å². The molecule has 1 aliphatic heterocycles. The Balaban J connectivity index is 1.80. The van der Waals surface area contributed by atoms with E-state index in [4.69, 9.17) is 4.52 Å². The van der Waals surface area contributed by atoms with Gasteiger partial charge in [-0.3, -0.25) is 0 Å². The lowest BCUT2D eigenvalue weighted by atomic mass is 9.97. The van der Waals surface area contributed by atoms with Crippen molar-refractivity contribution >= 4 is 5.82 Å². The lowest BCUT2D eigenvalue weighted by Gasteiger charge is -2.32. The lowest BCUT2D eigenvalue weighted by molar-refractivity contribution is 0.354. The van der Waals surface area contributed by atoms with Crippen LogP contribution < -0.4 is 4.90 Å². The van der Waals surface area contributed by atoms with Crippen molar-refractivity contribution in [2.45, 2.75) is 38.5 Å². The molecule has 0 N–H and O–H groups in total. The summed E-state index contributed by atoms with van der Waals surface area (Å²) in [6.07, 6.45) is 3.78. The van der Waals surface area contributed by atoms with Crippen molar-refractivity contribution in [3.05, 3.63) is 35.6 Å². The molecule has 0 radical (unpaired) electrons. The highest BCUT2D eigenvalue weighted by atomic mass is 16.5. The Kier molecular flexibility index (Phi) is 4.05. The molecule has 3 rings (SSSR count). The van der Waals surface area contributed by atoms with Crippen LogP contribution >= 0.6 is 0 Å². The van der Waals surface area contributed by atoms with Crippen LogP contribution in [0, 0.1) is 11.3 Å². The quantitative estimate of drug-likeness (QED) is 0.866. The predicted octanol–water partition coefficient (Wildman–Crippen LogP) is 2.84. The minimum absolute atomic E-state index is 0.221. The molecule has 1 atom stereocenters. The van der Waals surface area contributed by atoms with Gasteiger partial charge in [0, 0.05) is 31.1 Å². The summed E-state index contributed by atoms with van der Waals surface area (Å²) in [4.78, 5) is 11.0. The molecule has 1 fully saturated rings. The largest absolute Gasteiger partial charge is 0.355 e. The summed E-state index contributed by atoms with van der Waals surface area (Å²) in [5.74, 6) is 2.66. The molecule has 2 aromatic heterocycles. The predicted molar refractivity (Wildman–Crippen MR) is 81.5 cm³/mol. The van der Waals surface area contributed by atoms with E-state index in [1.165, 1.54) is 0 Å². The smallest absolute Gasteiger partial charge is 0.229 e. The van der Waals surface area contributed by atoms with Gasteiger partial charge in [-0.25, -0.2) is 4.98 Å². The van der Waals surface area contributed by atoms with E-state index in [2.05, 4.69) is 26.1 Å². The minimum atomic E-state index is 0.221. The van der Waals surface area contributed by atoms with Crippen LogP contribution in [0.4, 0.5) is 5.82 Å². The second kappa shape index (κ2) is 6.14.